The van der Waals surface area contributed by atoms with Crippen molar-refractivity contribution >= 4 is 17.8 Å². The van der Waals surface area contributed by atoms with E-state index in [0.717, 1.165) is 24.5 Å². The van der Waals surface area contributed by atoms with Gasteiger partial charge in [0.05, 0.1) is 16.8 Å². The number of alkyl halides is 3. The predicted octanol–water partition coefficient (Wildman–Crippen LogP) is 2.86. The number of rotatable bonds is 5. The van der Waals surface area contributed by atoms with Crippen LogP contribution < -0.4 is 11.5 Å². The van der Waals surface area contributed by atoms with Gasteiger partial charge in [-0.3, -0.25) is 14.8 Å². The summed E-state index contributed by atoms with van der Waals surface area (Å²) >= 11 is 0. The normalized spacial score (nSPS) is 12.5. The molecular weight excluding hydrogens is 352 g/mol. The van der Waals surface area contributed by atoms with Crippen molar-refractivity contribution in [3.8, 4) is 0 Å². The van der Waals surface area contributed by atoms with Crippen LogP contribution in [0.1, 0.15) is 16.8 Å². The fraction of sp³-hybridized carbons (Fsp3) is 0.118. The van der Waals surface area contributed by atoms with E-state index in [1.54, 1.807) is 0 Å². The summed E-state index contributed by atoms with van der Waals surface area (Å²) in [6, 6.07) is 5.31. The molecule has 5 nitrogen and oxygen atoms in total. The molecule has 1 aromatic carbocycles. The van der Waals surface area contributed by atoms with Crippen molar-refractivity contribution in [2.75, 3.05) is 0 Å². The van der Waals surface area contributed by atoms with Gasteiger partial charge < -0.3 is 11.5 Å². The van der Waals surface area contributed by atoms with Crippen LogP contribution in [-0.2, 0) is 17.4 Å². The second-order valence-electron chi connectivity index (χ2n) is 5.27. The molecule has 1 amide bonds. The molecule has 136 valence electrons. The van der Waals surface area contributed by atoms with Crippen molar-refractivity contribution in [3.63, 3.8) is 0 Å². The van der Waals surface area contributed by atoms with Gasteiger partial charge in [0.15, 0.2) is 0 Å². The van der Waals surface area contributed by atoms with Crippen molar-refractivity contribution in [2.45, 2.75) is 12.6 Å². The lowest BCUT2D eigenvalue weighted by Gasteiger charge is -2.09. The number of aromatic nitrogens is 1. The molecule has 0 unspecified atom stereocenters. The molecule has 1 aromatic heterocycles. The number of hydrogen-bond acceptors (Lipinski definition) is 4. The lowest BCUT2D eigenvalue weighted by molar-refractivity contribution is -0.137. The third-order valence-corrected chi connectivity index (χ3v) is 3.29. The Kier molecular flexibility index (Phi) is 5.71. The number of carbonyl (C=O) groups is 1. The first-order chi connectivity index (χ1) is 12.2. The molecule has 1 heterocycles. The van der Waals surface area contributed by atoms with Gasteiger partial charge in [0.1, 0.15) is 5.82 Å². The number of nitrogens with zero attached hydrogens (tertiary/aromatic N) is 2. The highest BCUT2D eigenvalue weighted by molar-refractivity contribution is 6.11. The number of pyridine rings is 1. The largest absolute Gasteiger partial charge is 0.416 e. The van der Waals surface area contributed by atoms with Gasteiger partial charge in [0.2, 0.25) is 0 Å². The van der Waals surface area contributed by atoms with Crippen molar-refractivity contribution in [3.05, 3.63) is 70.9 Å². The van der Waals surface area contributed by atoms with Crippen molar-refractivity contribution in [1.82, 2.24) is 4.98 Å². The smallest absolute Gasteiger partial charge is 0.404 e. The average Bonchev–Trinajstić information content (AvgIpc) is 2.54. The minimum atomic E-state index is -4.64. The Hall–Kier alpha value is -3.23. The van der Waals surface area contributed by atoms with Gasteiger partial charge in [-0.05, 0) is 35.9 Å². The number of carbonyl (C=O) groups excluding carboxylic acids is 1. The molecule has 2 aromatic rings. The molecule has 26 heavy (non-hydrogen) atoms. The highest BCUT2D eigenvalue weighted by Gasteiger charge is 2.31. The molecule has 9 heteroatoms. The lowest BCUT2D eigenvalue weighted by Crippen LogP contribution is -2.15. The first kappa shape index (κ1) is 19.1. The topological polar surface area (TPSA) is 94.4 Å². The SMILES string of the molecule is N/C=C(\C=Nc1ccnc(Cc2cc(F)cc(C(F)(F)F)c2)c1)C(N)=O. The van der Waals surface area contributed by atoms with E-state index in [1.807, 2.05) is 0 Å². The van der Waals surface area contributed by atoms with E-state index >= 15 is 0 Å². The number of benzene rings is 1. The first-order valence-electron chi connectivity index (χ1n) is 7.26. The second kappa shape index (κ2) is 7.77. The fourth-order valence-electron chi connectivity index (χ4n) is 2.10. The van der Waals surface area contributed by atoms with E-state index in [2.05, 4.69) is 9.98 Å². The van der Waals surface area contributed by atoms with E-state index in [4.69, 9.17) is 11.5 Å². The quantitative estimate of drug-likeness (QED) is 0.484. The number of amides is 1. The Labute approximate surface area is 146 Å². The Morgan fingerprint density at radius 1 is 1.23 bits per heavy atom. The highest BCUT2D eigenvalue weighted by atomic mass is 19.4. The Morgan fingerprint density at radius 3 is 2.58 bits per heavy atom. The fourth-order valence-corrected chi connectivity index (χ4v) is 2.10. The monoisotopic (exact) mass is 366 g/mol. The zero-order chi connectivity index (χ0) is 19.3. The first-order valence-corrected chi connectivity index (χ1v) is 7.26. The zero-order valence-corrected chi connectivity index (χ0v) is 13.3. The molecular formula is C17H14F4N4O. The molecule has 2 rings (SSSR count). The van der Waals surface area contributed by atoms with Gasteiger partial charge >= 0.3 is 6.18 Å². The maximum Gasteiger partial charge on any atom is 0.416 e. The van der Waals surface area contributed by atoms with Crippen molar-refractivity contribution in [1.29, 1.82) is 0 Å². The molecule has 0 aliphatic rings. The van der Waals surface area contributed by atoms with Crippen LogP contribution in [0.25, 0.3) is 0 Å². The third-order valence-electron chi connectivity index (χ3n) is 3.29. The molecule has 0 atom stereocenters. The van der Waals surface area contributed by atoms with E-state index in [0.29, 0.717) is 17.4 Å². The van der Waals surface area contributed by atoms with Crippen LogP contribution in [0.5, 0.6) is 0 Å². The standard InChI is InChI=1S/C17H14F4N4O/c18-13-4-10(3-12(6-13)17(19,20)21)5-15-7-14(1-2-24-15)25-9-11(8-22)16(23)26/h1-4,6-9H,5,22H2,(H2,23,26)/b11-8+,25-9?. The number of nitrogens with two attached hydrogens (primary N) is 2. The summed E-state index contributed by atoms with van der Waals surface area (Å²) in [5.41, 5.74) is 10.1. The molecule has 0 saturated heterocycles. The van der Waals surface area contributed by atoms with E-state index in [1.165, 1.54) is 18.3 Å². The maximum absolute atomic E-state index is 13.5. The summed E-state index contributed by atoms with van der Waals surface area (Å²) in [5, 5.41) is 0. The number of halogens is 4. The summed E-state index contributed by atoms with van der Waals surface area (Å²) < 4.78 is 51.8. The summed E-state index contributed by atoms with van der Waals surface area (Å²) in [6.45, 7) is 0. The summed E-state index contributed by atoms with van der Waals surface area (Å²) in [4.78, 5) is 19.1. The Morgan fingerprint density at radius 2 is 1.96 bits per heavy atom. The molecule has 0 aliphatic carbocycles. The van der Waals surface area contributed by atoms with Crippen molar-refractivity contribution in [2.24, 2.45) is 16.5 Å². The van der Waals surface area contributed by atoms with Crippen LogP contribution >= 0.6 is 0 Å². The molecule has 0 fully saturated rings. The molecule has 0 aliphatic heterocycles. The zero-order valence-electron chi connectivity index (χ0n) is 13.3. The third kappa shape index (κ3) is 5.13. The molecule has 0 bridgehead atoms. The van der Waals surface area contributed by atoms with Gasteiger partial charge in [0, 0.05) is 30.7 Å². The van der Waals surface area contributed by atoms with Gasteiger partial charge in [0.25, 0.3) is 5.91 Å². The maximum atomic E-state index is 13.5. The van der Waals surface area contributed by atoms with E-state index in [9.17, 15) is 22.4 Å². The second-order valence-corrected chi connectivity index (χ2v) is 5.27. The molecule has 0 radical (unpaired) electrons. The van der Waals surface area contributed by atoms with Crippen LogP contribution in [0.2, 0.25) is 0 Å². The van der Waals surface area contributed by atoms with Crippen LogP contribution in [0, 0.1) is 5.82 Å². The number of aliphatic imine (C=N–C) groups is 1. The van der Waals surface area contributed by atoms with Gasteiger partial charge in [-0.15, -0.1) is 0 Å². The minimum absolute atomic E-state index is 0.0108. The van der Waals surface area contributed by atoms with Crippen LogP contribution in [0.4, 0.5) is 23.2 Å². The minimum Gasteiger partial charge on any atom is -0.404 e. The lowest BCUT2D eigenvalue weighted by atomic mass is 10.0. The van der Waals surface area contributed by atoms with Crippen molar-refractivity contribution < 1.29 is 22.4 Å². The van der Waals surface area contributed by atoms with Gasteiger partial charge in [-0.2, -0.15) is 13.2 Å². The van der Waals surface area contributed by atoms with Crippen LogP contribution in [-0.4, -0.2) is 17.1 Å². The molecule has 0 spiro atoms. The Bertz CT molecular complexity index is 875. The Balaban J connectivity index is 2.25. The van der Waals surface area contributed by atoms with E-state index in [-0.39, 0.29) is 17.6 Å². The average molecular weight is 366 g/mol. The molecule has 4 N–H and O–H groups in total. The number of primary amides is 1. The summed E-state index contributed by atoms with van der Waals surface area (Å²) in [7, 11) is 0. The summed E-state index contributed by atoms with van der Waals surface area (Å²) in [6.07, 6.45) is -1.12. The van der Waals surface area contributed by atoms with E-state index < -0.39 is 23.5 Å². The van der Waals surface area contributed by atoms with Gasteiger partial charge in [-0.25, -0.2) is 4.39 Å². The number of hydrogen-bond donors (Lipinski definition) is 2. The van der Waals surface area contributed by atoms with Crippen LogP contribution in [0.3, 0.4) is 0 Å². The van der Waals surface area contributed by atoms with Crippen LogP contribution in [0.15, 0.2) is 53.3 Å². The predicted molar refractivity (Wildman–Crippen MR) is 88.1 cm³/mol. The summed E-state index contributed by atoms with van der Waals surface area (Å²) in [5.74, 6) is -1.74. The molecule has 0 saturated carbocycles. The highest BCUT2D eigenvalue weighted by Crippen LogP contribution is 2.31. The van der Waals surface area contributed by atoms with Gasteiger partial charge in [-0.1, -0.05) is 0 Å².